The normalized spacial score (nSPS) is 11.2. The monoisotopic (exact) mass is 472 g/mol. The Balaban J connectivity index is 1.97. The quantitative estimate of drug-likeness (QED) is 0.243. The van der Waals surface area contributed by atoms with E-state index in [4.69, 9.17) is 9.47 Å². The van der Waals surface area contributed by atoms with E-state index < -0.39 is 25.5 Å². The van der Waals surface area contributed by atoms with E-state index in [2.05, 4.69) is 15.2 Å². The van der Waals surface area contributed by atoms with E-state index in [1.54, 1.807) is 24.3 Å². The number of anilines is 2. The van der Waals surface area contributed by atoms with Crippen molar-refractivity contribution in [2.45, 2.75) is 4.90 Å². The zero-order chi connectivity index (χ0) is 24.0. The molecule has 0 aliphatic rings. The van der Waals surface area contributed by atoms with Crippen LogP contribution in [0.15, 0.2) is 70.7 Å². The number of nitro benzene ring substituents is 1. The lowest BCUT2D eigenvalue weighted by molar-refractivity contribution is -0.385. The summed E-state index contributed by atoms with van der Waals surface area (Å²) in [6.45, 7) is 0. The second-order valence-electron chi connectivity index (χ2n) is 6.54. The topological polar surface area (TPSA) is 152 Å². The number of nitrogens with zero attached hydrogens (tertiary/aromatic N) is 2. The molecule has 0 heterocycles. The Morgan fingerprint density at radius 2 is 1.79 bits per heavy atom. The standard InChI is InChI=1S/C21H20N4O7S/c1-31-16-8-10-19(26)14(11-16)13-22-23-18-9-7-15(25(27)28)12-21(18)33(29,30)24-17-5-3-4-6-20(17)32-2/h3-13,23-24,26H,1-2H3. The lowest BCUT2D eigenvalue weighted by atomic mass is 10.2. The number of phenolic OH excluding ortho intramolecular Hbond substituents is 1. The van der Waals surface area contributed by atoms with Gasteiger partial charge in [0.15, 0.2) is 0 Å². The number of sulfonamides is 1. The molecule has 3 aromatic carbocycles. The van der Waals surface area contributed by atoms with Crippen LogP contribution in [0.1, 0.15) is 5.56 Å². The molecule has 0 aliphatic heterocycles. The van der Waals surface area contributed by atoms with Crippen LogP contribution in [0.5, 0.6) is 17.2 Å². The zero-order valence-corrected chi connectivity index (χ0v) is 18.4. The van der Waals surface area contributed by atoms with Crippen LogP contribution in [0.4, 0.5) is 17.1 Å². The van der Waals surface area contributed by atoms with Crippen LogP contribution in [-0.2, 0) is 10.0 Å². The summed E-state index contributed by atoms with van der Waals surface area (Å²) in [4.78, 5) is 10.1. The average molecular weight is 472 g/mol. The number of methoxy groups -OCH3 is 2. The van der Waals surface area contributed by atoms with Crippen LogP contribution in [0.2, 0.25) is 0 Å². The Labute approximate surface area is 189 Å². The van der Waals surface area contributed by atoms with Crippen molar-refractivity contribution in [1.82, 2.24) is 0 Å². The lowest BCUT2D eigenvalue weighted by Gasteiger charge is -2.14. The Morgan fingerprint density at radius 3 is 2.48 bits per heavy atom. The highest BCUT2D eigenvalue weighted by atomic mass is 32.2. The van der Waals surface area contributed by atoms with Crippen LogP contribution in [0, 0.1) is 10.1 Å². The van der Waals surface area contributed by atoms with Crippen molar-refractivity contribution in [2.75, 3.05) is 24.4 Å². The van der Waals surface area contributed by atoms with Gasteiger partial charge in [0.25, 0.3) is 15.7 Å². The van der Waals surface area contributed by atoms with Crippen molar-refractivity contribution in [3.05, 3.63) is 76.3 Å². The molecule has 0 bridgehead atoms. The Morgan fingerprint density at radius 1 is 1.03 bits per heavy atom. The number of rotatable bonds is 9. The number of hydrogen-bond donors (Lipinski definition) is 3. The third-order valence-corrected chi connectivity index (χ3v) is 5.85. The Kier molecular flexibility index (Phi) is 6.98. The van der Waals surface area contributed by atoms with Gasteiger partial charge in [0, 0.05) is 17.7 Å². The van der Waals surface area contributed by atoms with Crippen molar-refractivity contribution >= 4 is 33.3 Å². The molecule has 0 amide bonds. The first-order valence-electron chi connectivity index (χ1n) is 9.35. The first-order valence-corrected chi connectivity index (χ1v) is 10.8. The second-order valence-corrected chi connectivity index (χ2v) is 8.19. The number of aromatic hydroxyl groups is 1. The fourth-order valence-corrected chi connectivity index (χ4v) is 4.05. The number of para-hydroxylation sites is 2. The molecule has 0 saturated heterocycles. The first-order chi connectivity index (χ1) is 15.7. The van der Waals surface area contributed by atoms with E-state index in [0.29, 0.717) is 11.3 Å². The van der Waals surface area contributed by atoms with Crippen molar-refractivity contribution in [1.29, 1.82) is 0 Å². The molecule has 0 radical (unpaired) electrons. The molecule has 0 aromatic heterocycles. The molecule has 0 spiro atoms. The fraction of sp³-hybridized carbons (Fsp3) is 0.0952. The van der Waals surface area contributed by atoms with Gasteiger partial charge in [-0.3, -0.25) is 20.3 Å². The number of hydrazone groups is 1. The van der Waals surface area contributed by atoms with Gasteiger partial charge in [-0.2, -0.15) is 5.10 Å². The smallest absolute Gasteiger partial charge is 0.270 e. The zero-order valence-electron chi connectivity index (χ0n) is 17.6. The largest absolute Gasteiger partial charge is 0.507 e. The summed E-state index contributed by atoms with van der Waals surface area (Å²) < 4.78 is 38.8. The van der Waals surface area contributed by atoms with Gasteiger partial charge in [0.2, 0.25) is 0 Å². The molecule has 3 rings (SSSR count). The minimum Gasteiger partial charge on any atom is -0.507 e. The predicted octanol–water partition coefficient (Wildman–Crippen LogP) is 3.56. The van der Waals surface area contributed by atoms with E-state index >= 15 is 0 Å². The van der Waals surface area contributed by atoms with Gasteiger partial charge in [-0.05, 0) is 36.4 Å². The SMILES string of the molecule is COc1ccc(O)c(C=NNc2ccc([N+](=O)[O-])cc2S(=O)(=O)Nc2ccccc2OC)c1. The number of phenols is 1. The summed E-state index contributed by atoms with van der Waals surface area (Å²) in [5, 5.41) is 25.1. The van der Waals surface area contributed by atoms with Crippen LogP contribution in [0.25, 0.3) is 0 Å². The molecule has 172 valence electrons. The van der Waals surface area contributed by atoms with Crippen LogP contribution < -0.4 is 19.6 Å². The van der Waals surface area contributed by atoms with Crippen LogP contribution >= 0.6 is 0 Å². The van der Waals surface area contributed by atoms with E-state index in [0.717, 1.165) is 12.1 Å². The maximum Gasteiger partial charge on any atom is 0.270 e. The van der Waals surface area contributed by atoms with Gasteiger partial charge >= 0.3 is 0 Å². The fourth-order valence-electron chi connectivity index (χ4n) is 2.80. The van der Waals surface area contributed by atoms with Crippen molar-refractivity contribution in [2.24, 2.45) is 5.10 Å². The van der Waals surface area contributed by atoms with Gasteiger partial charge < -0.3 is 14.6 Å². The minimum absolute atomic E-state index is 0.0263. The van der Waals surface area contributed by atoms with E-state index in [1.807, 2.05) is 0 Å². The summed E-state index contributed by atoms with van der Waals surface area (Å²) in [6.07, 6.45) is 1.25. The van der Waals surface area contributed by atoms with Crippen LogP contribution in [0.3, 0.4) is 0 Å². The second kappa shape index (κ2) is 9.87. The Hall–Kier alpha value is -4.32. The van der Waals surface area contributed by atoms with Gasteiger partial charge in [-0.15, -0.1) is 0 Å². The summed E-state index contributed by atoms with van der Waals surface area (Å²) in [5.41, 5.74) is 2.57. The number of hydrogen-bond acceptors (Lipinski definition) is 9. The molecular formula is C21H20N4O7S. The first kappa shape index (κ1) is 23.3. The van der Waals surface area contributed by atoms with Gasteiger partial charge in [-0.25, -0.2) is 8.42 Å². The molecule has 11 nitrogen and oxygen atoms in total. The number of ether oxygens (including phenoxy) is 2. The van der Waals surface area contributed by atoms with Crippen LogP contribution in [-0.4, -0.2) is 38.9 Å². The summed E-state index contributed by atoms with van der Waals surface area (Å²) in [6, 6.07) is 14.1. The highest BCUT2D eigenvalue weighted by molar-refractivity contribution is 7.93. The molecule has 0 fully saturated rings. The van der Waals surface area contributed by atoms with E-state index in [9.17, 15) is 23.6 Å². The Bertz CT molecular complexity index is 1310. The molecule has 0 aliphatic carbocycles. The average Bonchev–Trinajstić information content (AvgIpc) is 2.80. The number of benzene rings is 3. The summed E-state index contributed by atoms with van der Waals surface area (Å²) in [5.74, 6) is 0.678. The molecule has 0 unspecified atom stereocenters. The lowest BCUT2D eigenvalue weighted by Crippen LogP contribution is -2.15. The number of nitrogens with one attached hydrogen (secondary N) is 2. The predicted molar refractivity (Wildman–Crippen MR) is 123 cm³/mol. The molecule has 3 N–H and O–H groups in total. The molecule has 0 saturated carbocycles. The maximum atomic E-state index is 13.1. The highest BCUT2D eigenvalue weighted by Gasteiger charge is 2.23. The van der Waals surface area contributed by atoms with Gasteiger partial charge in [0.05, 0.1) is 36.7 Å². The van der Waals surface area contributed by atoms with Crippen molar-refractivity contribution in [3.8, 4) is 17.2 Å². The number of non-ortho nitro benzene ring substituents is 1. The van der Waals surface area contributed by atoms with Gasteiger partial charge in [-0.1, -0.05) is 12.1 Å². The van der Waals surface area contributed by atoms with Crippen molar-refractivity contribution in [3.63, 3.8) is 0 Å². The summed E-state index contributed by atoms with van der Waals surface area (Å²) >= 11 is 0. The minimum atomic E-state index is -4.29. The molecule has 12 heteroatoms. The summed E-state index contributed by atoms with van der Waals surface area (Å²) in [7, 11) is -1.44. The molecule has 0 atom stereocenters. The molecular weight excluding hydrogens is 452 g/mol. The molecule has 3 aromatic rings. The maximum absolute atomic E-state index is 13.1. The van der Waals surface area contributed by atoms with E-state index in [-0.39, 0.29) is 22.9 Å². The third kappa shape index (κ3) is 5.49. The highest BCUT2D eigenvalue weighted by Crippen LogP contribution is 2.31. The number of nitro groups is 1. The van der Waals surface area contributed by atoms with Gasteiger partial charge in [0.1, 0.15) is 22.1 Å². The van der Waals surface area contributed by atoms with Crippen molar-refractivity contribution < 1.29 is 27.9 Å². The third-order valence-electron chi connectivity index (χ3n) is 4.44. The van der Waals surface area contributed by atoms with E-state index in [1.165, 1.54) is 44.7 Å². The molecule has 33 heavy (non-hydrogen) atoms.